The summed E-state index contributed by atoms with van der Waals surface area (Å²) in [5.74, 6) is -0.881. The number of thiocarbonyl (C=S) groups is 1. The molecule has 1 saturated heterocycles. The molecule has 0 radical (unpaired) electrons. The van der Waals surface area contributed by atoms with Crippen molar-refractivity contribution >= 4 is 40.9 Å². The predicted octanol–water partition coefficient (Wildman–Crippen LogP) is 3.09. The molecule has 0 unspecified atom stereocenters. The smallest absolute Gasteiger partial charge is 0.270 e. The van der Waals surface area contributed by atoms with Gasteiger partial charge < -0.3 is 4.57 Å². The van der Waals surface area contributed by atoms with Gasteiger partial charge in [0.05, 0.1) is 5.69 Å². The van der Waals surface area contributed by atoms with Crippen LogP contribution in [0.4, 0.5) is 5.69 Å². The zero-order valence-corrected chi connectivity index (χ0v) is 16.3. The van der Waals surface area contributed by atoms with Gasteiger partial charge in [-0.1, -0.05) is 17.7 Å². The SMILES string of the molecule is Cc1ccc(N2C(=O)C(=Cc3cc(C)n(C)c3C)C(=O)NC2=S)c(C)c1. The third-order valence-corrected chi connectivity index (χ3v) is 5.09. The Morgan fingerprint density at radius 2 is 1.77 bits per heavy atom. The molecule has 1 fully saturated rings. The number of benzene rings is 1. The summed E-state index contributed by atoms with van der Waals surface area (Å²) in [5, 5.41) is 2.74. The van der Waals surface area contributed by atoms with E-state index >= 15 is 0 Å². The maximum atomic E-state index is 13.1. The van der Waals surface area contributed by atoms with Crippen LogP contribution in [0.15, 0.2) is 29.8 Å². The normalized spacial score (nSPS) is 16.4. The van der Waals surface area contributed by atoms with Gasteiger partial charge in [-0.05, 0) is 69.2 Å². The second-order valence-corrected chi connectivity index (χ2v) is 7.02. The number of nitrogens with one attached hydrogen (secondary N) is 1. The van der Waals surface area contributed by atoms with E-state index in [1.54, 1.807) is 6.08 Å². The van der Waals surface area contributed by atoms with Crippen LogP contribution >= 0.6 is 12.2 Å². The van der Waals surface area contributed by atoms with Crippen molar-refractivity contribution in [3.63, 3.8) is 0 Å². The van der Waals surface area contributed by atoms with Gasteiger partial charge >= 0.3 is 0 Å². The van der Waals surface area contributed by atoms with Crippen molar-refractivity contribution in [2.24, 2.45) is 7.05 Å². The first-order valence-electron chi connectivity index (χ1n) is 8.32. The number of rotatable bonds is 2. The van der Waals surface area contributed by atoms with Crippen molar-refractivity contribution in [2.75, 3.05) is 4.90 Å². The molecule has 1 aliphatic heterocycles. The molecule has 26 heavy (non-hydrogen) atoms. The fourth-order valence-electron chi connectivity index (χ4n) is 3.12. The lowest BCUT2D eigenvalue weighted by atomic mass is 10.0. The minimum atomic E-state index is -0.470. The minimum Gasteiger partial charge on any atom is -0.352 e. The molecular formula is C20H21N3O2S. The van der Waals surface area contributed by atoms with Crippen LogP contribution in [0.3, 0.4) is 0 Å². The maximum absolute atomic E-state index is 13.1. The molecule has 2 heterocycles. The number of carbonyl (C=O) groups is 2. The third kappa shape index (κ3) is 2.97. The molecule has 2 amide bonds. The lowest BCUT2D eigenvalue weighted by Crippen LogP contribution is -2.54. The minimum absolute atomic E-state index is 0.0762. The summed E-state index contributed by atoms with van der Waals surface area (Å²) >= 11 is 5.27. The molecule has 0 spiro atoms. The summed E-state index contributed by atoms with van der Waals surface area (Å²) in [7, 11) is 1.95. The van der Waals surface area contributed by atoms with Gasteiger partial charge in [0.1, 0.15) is 5.57 Å². The van der Waals surface area contributed by atoms with Crippen molar-refractivity contribution in [3.05, 3.63) is 57.9 Å². The van der Waals surface area contributed by atoms with Crippen LogP contribution in [0, 0.1) is 27.7 Å². The summed E-state index contributed by atoms with van der Waals surface area (Å²) in [4.78, 5) is 26.9. The number of aryl methyl sites for hydroxylation is 3. The van der Waals surface area contributed by atoms with Crippen LogP contribution < -0.4 is 10.2 Å². The molecule has 0 atom stereocenters. The molecule has 134 valence electrons. The Balaban J connectivity index is 2.08. The summed E-state index contributed by atoms with van der Waals surface area (Å²) < 4.78 is 2.02. The number of amides is 2. The van der Waals surface area contributed by atoms with Crippen LogP contribution in [0.25, 0.3) is 6.08 Å². The van der Waals surface area contributed by atoms with Gasteiger partial charge in [-0.25, -0.2) is 0 Å². The van der Waals surface area contributed by atoms with E-state index in [2.05, 4.69) is 5.32 Å². The fourth-order valence-corrected chi connectivity index (χ4v) is 3.39. The standard InChI is InChI=1S/C20H21N3O2S/c1-11-6-7-17(12(2)8-11)23-19(25)16(18(24)21-20(23)26)10-15-9-13(3)22(5)14(15)4/h6-10H,1-5H3,(H,21,24,26). The highest BCUT2D eigenvalue weighted by Crippen LogP contribution is 2.27. The van der Waals surface area contributed by atoms with Gasteiger partial charge in [-0.2, -0.15) is 0 Å². The number of anilines is 1. The molecular weight excluding hydrogens is 346 g/mol. The van der Waals surface area contributed by atoms with Crippen molar-refractivity contribution in [3.8, 4) is 0 Å². The van der Waals surface area contributed by atoms with Gasteiger partial charge in [0, 0.05) is 18.4 Å². The van der Waals surface area contributed by atoms with E-state index in [4.69, 9.17) is 12.2 Å². The summed E-state index contributed by atoms with van der Waals surface area (Å²) in [5.41, 5.74) is 5.66. The third-order valence-electron chi connectivity index (χ3n) is 4.81. The molecule has 2 aromatic rings. The molecule has 1 N–H and O–H groups in total. The lowest BCUT2D eigenvalue weighted by molar-refractivity contribution is -0.122. The highest BCUT2D eigenvalue weighted by Gasteiger charge is 2.35. The molecule has 1 aliphatic rings. The second kappa shape index (κ2) is 6.53. The summed E-state index contributed by atoms with van der Waals surface area (Å²) in [6.07, 6.45) is 1.64. The Morgan fingerprint density at radius 1 is 1.08 bits per heavy atom. The zero-order valence-electron chi connectivity index (χ0n) is 15.5. The molecule has 0 aliphatic carbocycles. The van der Waals surface area contributed by atoms with Crippen molar-refractivity contribution in [1.82, 2.24) is 9.88 Å². The lowest BCUT2D eigenvalue weighted by Gasteiger charge is -2.30. The fraction of sp³-hybridized carbons (Fsp3) is 0.250. The first kappa shape index (κ1) is 18.1. The van der Waals surface area contributed by atoms with E-state index in [0.717, 1.165) is 28.1 Å². The summed E-state index contributed by atoms with van der Waals surface area (Å²) in [6.45, 7) is 7.84. The molecule has 6 heteroatoms. The second-order valence-electron chi connectivity index (χ2n) is 6.63. The van der Waals surface area contributed by atoms with Crippen LogP contribution in [0.2, 0.25) is 0 Å². The quantitative estimate of drug-likeness (QED) is 0.504. The van der Waals surface area contributed by atoms with E-state index in [1.807, 2.05) is 63.6 Å². The Kier molecular flexibility index (Phi) is 4.54. The molecule has 1 aromatic heterocycles. The van der Waals surface area contributed by atoms with Gasteiger partial charge in [-0.3, -0.25) is 19.8 Å². The molecule has 3 rings (SSSR count). The number of nitrogens with zero attached hydrogens (tertiary/aromatic N) is 2. The van der Waals surface area contributed by atoms with E-state index in [0.29, 0.717) is 5.69 Å². The van der Waals surface area contributed by atoms with E-state index < -0.39 is 11.8 Å². The number of hydrogen-bond donors (Lipinski definition) is 1. The zero-order chi connectivity index (χ0) is 19.2. The first-order valence-corrected chi connectivity index (χ1v) is 8.73. The topological polar surface area (TPSA) is 54.3 Å². The molecule has 0 saturated carbocycles. The first-order chi connectivity index (χ1) is 12.2. The van der Waals surface area contributed by atoms with E-state index in [9.17, 15) is 9.59 Å². The van der Waals surface area contributed by atoms with Gasteiger partial charge in [0.2, 0.25) is 0 Å². The molecule has 0 bridgehead atoms. The maximum Gasteiger partial charge on any atom is 0.270 e. The average Bonchev–Trinajstić information content (AvgIpc) is 2.80. The predicted molar refractivity (Wildman–Crippen MR) is 107 cm³/mol. The van der Waals surface area contributed by atoms with Crippen LogP contribution in [-0.4, -0.2) is 21.5 Å². The Hall–Kier alpha value is -2.73. The Bertz CT molecular complexity index is 985. The van der Waals surface area contributed by atoms with Crippen molar-refractivity contribution in [1.29, 1.82) is 0 Å². The van der Waals surface area contributed by atoms with Crippen LogP contribution in [0.1, 0.15) is 28.1 Å². The summed E-state index contributed by atoms with van der Waals surface area (Å²) in [6, 6.07) is 7.71. The Morgan fingerprint density at radius 3 is 2.35 bits per heavy atom. The van der Waals surface area contributed by atoms with E-state index in [-0.39, 0.29) is 10.7 Å². The van der Waals surface area contributed by atoms with Crippen molar-refractivity contribution in [2.45, 2.75) is 27.7 Å². The van der Waals surface area contributed by atoms with Gasteiger partial charge in [0.15, 0.2) is 5.11 Å². The molecule has 5 nitrogen and oxygen atoms in total. The van der Waals surface area contributed by atoms with Gasteiger partial charge in [0.25, 0.3) is 11.8 Å². The highest BCUT2D eigenvalue weighted by atomic mass is 32.1. The molecule has 1 aromatic carbocycles. The highest BCUT2D eigenvalue weighted by molar-refractivity contribution is 7.80. The van der Waals surface area contributed by atoms with Crippen LogP contribution in [-0.2, 0) is 16.6 Å². The monoisotopic (exact) mass is 367 g/mol. The van der Waals surface area contributed by atoms with Crippen molar-refractivity contribution < 1.29 is 9.59 Å². The van der Waals surface area contributed by atoms with Crippen LogP contribution in [0.5, 0.6) is 0 Å². The average molecular weight is 367 g/mol. The Labute approximate surface area is 158 Å². The number of hydrogen-bond acceptors (Lipinski definition) is 3. The number of carbonyl (C=O) groups excluding carboxylic acids is 2. The van der Waals surface area contributed by atoms with E-state index in [1.165, 1.54) is 4.90 Å². The number of aromatic nitrogens is 1. The van der Waals surface area contributed by atoms with Gasteiger partial charge in [-0.15, -0.1) is 0 Å². The largest absolute Gasteiger partial charge is 0.352 e.